The maximum Gasteiger partial charge on any atom is 0.272 e. The molecule has 0 radical (unpaired) electrons. The highest BCUT2D eigenvalue weighted by Crippen LogP contribution is 2.37. The molecular weight excluding hydrogens is 310 g/mol. The molecule has 0 spiro atoms. The van der Waals surface area contributed by atoms with Gasteiger partial charge in [-0.1, -0.05) is 0 Å². The molecule has 1 N–H and O–H groups in total. The van der Waals surface area contributed by atoms with E-state index >= 15 is 0 Å². The van der Waals surface area contributed by atoms with Gasteiger partial charge in [0.05, 0.1) is 25.9 Å². The summed E-state index contributed by atoms with van der Waals surface area (Å²) in [6, 6.07) is 1.32. The molecule has 1 amide bonds. The summed E-state index contributed by atoms with van der Waals surface area (Å²) in [5.74, 6) is 1.28. The van der Waals surface area contributed by atoms with E-state index in [-0.39, 0.29) is 23.3 Å². The van der Waals surface area contributed by atoms with Crippen LogP contribution < -0.4 is 5.56 Å². The van der Waals surface area contributed by atoms with Crippen LogP contribution in [0.15, 0.2) is 10.9 Å². The molecule has 1 atom stereocenters. The molecule has 7 heteroatoms. The SMILES string of the molecule is O=C(c1cc(=O)[nH]c(C2CC2)n1)N1CCC(C2COCCO2)CC1. The number of H-pyrrole nitrogens is 1. The zero-order valence-electron chi connectivity index (χ0n) is 13.7. The molecule has 1 aromatic heterocycles. The van der Waals surface area contributed by atoms with Crippen LogP contribution in [0, 0.1) is 5.92 Å². The summed E-state index contributed by atoms with van der Waals surface area (Å²) in [7, 11) is 0. The maximum absolute atomic E-state index is 12.7. The van der Waals surface area contributed by atoms with Crippen molar-refractivity contribution < 1.29 is 14.3 Å². The summed E-state index contributed by atoms with van der Waals surface area (Å²) in [5.41, 5.74) is 0.0363. The van der Waals surface area contributed by atoms with Crippen LogP contribution in [0.2, 0.25) is 0 Å². The Morgan fingerprint density at radius 1 is 1.21 bits per heavy atom. The smallest absolute Gasteiger partial charge is 0.272 e. The summed E-state index contributed by atoms with van der Waals surface area (Å²) in [6.07, 6.45) is 4.03. The van der Waals surface area contributed by atoms with E-state index in [4.69, 9.17) is 9.47 Å². The third-order valence-electron chi connectivity index (χ3n) is 5.14. The number of carbonyl (C=O) groups excluding carboxylic acids is 1. The lowest BCUT2D eigenvalue weighted by atomic mass is 9.91. The molecule has 7 nitrogen and oxygen atoms in total. The Morgan fingerprint density at radius 2 is 2.00 bits per heavy atom. The number of carbonyl (C=O) groups is 1. The number of amides is 1. The zero-order chi connectivity index (χ0) is 16.5. The predicted octanol–water partition coefficient (Wildman–Crippen LogP) is 0.915. The van der Waals surface area contributed by atoms with Crippen LogP contribution in [0.3, 0.4) is 0 Å². The molecule has 3 heterocycles. The highest BCUT2D eigenvalue weighted by molar-refractivity contribution is 5.92. The molecule has 1 aliphatic carbocycles. The Kier molecular flexibility index (Phi) is 4.37. The van der Waals surface area contributed by atoms with Crippen LogP contribution in [0.4, 0.5) is 0 Å². The molecule has 2 saturated heterocycles. The molecule has 2 aliphatic heterocycles. The van der Waals surface area contributed by atoms with Crippen molar-refractivity contribution >= 4 is 5.91 Å². The number of ether oxygens (including phenoxy) is 2. The largest absolute Gasteiger partial charge is 0.376 e. The molecule has 4 rings (SSSR count). The van der Waals surface area contributed by atoms with Gasteiger partial charge in [0.25, 0.3) is 11.5 Å². The number of aromatic nitrogens is 2. The van der Waals surface area contributed by atoms with E-state index in [0.717, 1.165) is 25.7 Å². The number of piperidine rings is 1. The van der Waals surface area contributed by atoms with Crippen LogP contribution in [0.1, 0.15) is 47.9 Å². The number of nitrogens with one attached hydrogen (secondary N) is 1. The van der Waals surface area contributed by atoms with Crippen molar-refractivity contribution in [3.63, 3.8) is 0 Å². The minimum Gasteiger partial charge on any atom is -0.376 e. The van der Waals surface area contributed by atoms with Gasteiger partial charge in [-0.15, -0.1) is 0 Å². The molecular formula is C17H23N3O4. The van der Waals surface area contributed by atoms with Gasteiger partial charge < -0.3 is 19.4 Å². The second-order valence-electron chi connectivity index (χ2n) is 6.90. The van der Waals surface area contributed by atoms with Crippen molar-refractivity contribution in [2.45, 2.75) is 37.7 Å². The Morgan fingerprint density at radius 3 is 2.67 bits per heavy atom. The first-order valence-electron chi connectivity index (χ1n) is 8.80. The van der Waals surface area contributed by atoms with Gasteiger partial charge in [-0.3, -0.25) is 9.59 Å². The van der Waals surface area contributed by atoms with Gasteiger partial charge in [0.15, 0.2) is 0 Å². The number of likely N-dealkylation sites (tertiary alicyclic amines) is 1. The third kappa shape index (κ3) is 3.37. The van der Waals surface area contributed by atoms with E-state index in [0.29, 0.717) is 50.6 Å². The van der Waals surface area contributed by atoms with Crippen molar-refractivity contribution in [1.82, 2.24) is 14.9 Å². The van der Waals surface area contributed by atoms with E-state index < -0.39 is 0 Å². The van der Waals surface area contributed by atoms with E-state index in [2.05, 4.69) is 9.97 Å². The summed E-state index contributed by atoms with van der Waals surface area (Å²) < 4.78 is 11.3. The Hall–Kier alpha value is -1.73. The lowest BCUT2D eigenvalue weighted by molar-refractivity contribution is -0.117. The molecule has 130 valence electrons. The van der Waals surface area contributed by atoms with E-state index in [1.165, 1.54) is 6.07 Å². The van der Waals surface area contributed by atoms with Crippen molar-refractivity contribution in [3.8, 4) is 0 Å². The van der Waals surface area contributed by atoms with Gasteiger partial charge in [0.2, 0.25) is 0 Å². The maximum atomic E-state index is 12.7. The molecule has 1 saturated carbocycles. The lowest BCUT2D eigenvalue weighted by Crippen LogP contribution is -2.44. The number of hydrogen-bond donors (Lipinski definition) is 1. The first kappa shape index (κ1) is 15.8. The highest BCUT2D eigenvalue weighted by Gasteiger charge is 2.32. The van der Waals surface area contributed by atoms with Gasteiger partial charge >= 0.3 is 0 Å². The molecule has 24 heavy (non-hydrogen) atoms. The average Bonchev–Trinajstić information content (AvgIpc) is 3.47. The minimum absolute atomic E-state index is 0.137. The molecule has 1 aromatic rings. The Balaban J connectivity index is 1.40. The van der Waals surface area contributed by atoms with Crippen molar-refractivity contribution in [3.05, 3.63) is 27.9 Å². The highest BCUT2D eigenvalue weighted by atomic mass is 16.6. The van der Waals surface area contributed by atoms with Gasteiger partial charge in [0.1, 0.15) is 11.5 Å². The summed E-state index contributed by atoms with van der Waals surface area (Å²) >= 11 is 0. The molecule has 3 fully saturated rings. The monoisotopic (exact) mass is 333 g/mol. The number of aromatic amines is 1. The van der Waals surface area contributed by atoms with Gasteiger partial charge in [-0.25, -0.2) is 4.98 Å². The average molecular weight is 333 g/mol. The number of rotatable bonds is 3. The fourth-order valence-corrected chi connectivity index (χ4v) is 3.55. The van der Waals surface area contributed by atoms with Gasteiger partial charge in [-0.05, 0) is 31.6 Å². The predicted molar refractivity (Wildman–Crippen MR) is 86.0 cm³/mol. The normalized spacial score (nSPS) is 25.7. The first-order chi connectivity index (χ1) is 11.7. The van der Waals surface area contributed by atoms with E-state index in [1.54, 1.807) is 4.90 Å². The van der Waals surface area contributed by atoms with E-state index in [9.17, 15) is 9.59 Å². The van der Waals surface area contributed by atoms with Crippen LogP contribution in [-0.4, -0.2) is 59.8 Å². The molecule has 3 aliphatic rings. The number of nitrogens with zero attached hydrogens (tertiary/aromatic N) is 2. The molecule has 0 aromatic carbocycles. The van der Waals surface area contributed by atoms with Crippen LogP contribution in [0.5, 0.6) is 0 Å². The van der Waals surface area contributed by atoms with Gasteiger partial charge in [-0.2, -0.15) is 0 Å². The fraction of sp³-hybridized carbons (Fsp3) is 0.706. The second kappa shape index (κ2) is 6.64. The Labute approximate surface area is 140 Å². The zero-order valence-corrected chi connectivity index (χ0v) is 13.7. The van der Waals surface area contributed by atoms with Crippen molar-refractivity contribution in [2.24, 2.45) is 5.92 Å². The number of hydrogen-bond acceptors (Lipinski definition) is 5. The minimum atomic E-state index is -0.238. The van der Waals surface area contributed by atoms with Gasteiger partial charge in [0, 0.05) is 25.1 Å². The topological polar surface area (TPSA) is 84.5 Å². The molecule has 0 bridgehead atoms. The van der Waals surface area contributed by atoms with Crippen molar-refractivity contribution in [2.75, 3.05) is 32.9 Å². The quantitative estimate of drug-likeness (QED) is 0.889. The second-order valence-corrected chi connectivity index (χ2v) is 6.90. The van der Waals surface area contributed by atoms with Crippen LogP contribution in [0.25, 0.3) is 0 Å². The first-order valence-corrected chi connectivity index (χ1v) is 8.80. The molecule has 1 unspecified atom stereocenters. The van der Waals surface area contributed by atoms with E-state index in [1.807, 2.05) is 0 Å². The van der Waals surface area contributed by atoms with Crippen molar-refractivity contribution in [1.29, 1.82) is 0 Å². The standard InChI is InChI=1S/C17H23N3O4/c21-15-9-13(18-16(19-15)12-1-2-12)17(22)20-5-3-11(4-6-20)14-10-23-7-8-24-14/h9,11-12,14H,1-8,10H2,(H,18,19,21). The van der Waals surface area contributed by atoms with Crippen LogP contribution in [-0.2, 0) is 9.47 Å². The van der Waals surface area contributed by atoms with Crippen LogP contribution >= 0.6 is 0 Å². The fourth-order valence-electron chi connectivity index (χ4n) is 3.55. The Bertz CT molecular complexity index is 656. The summed E-state index contributed by atoms with van der Waals surface area (Å²) in [6.45, 7) is 3.34. The third-order valence-corrected chi connectivity index (χ3v) is 5.14. The summed E-state index contributed by atoms with van der Waals surface area (Å²) in [5, 5.41) is 0. The lowest BCUT2D eigenvalue weighted by Gasteiger charge is -2.37. The summed E-state index contributed by atoms with van der Waals surface area (Å²) in [4.78, 5) is 33.4.